The number of rotatable bonds is 5. The molecule has 2 atom stereocenters. The van der Waals surface area contributed by atoms with Crippen molar-refractivity contribution in [3.05, 3.63) is 0 Å². The average molecular weight is 252 g/mol. The zero-order valence-corrected chi connectivity index (χ0v) is 9.20. The number of hydrogen-bond acceptors (Lipinski definition) is 7. The lowest BCUT2D eigenvalue weighted by Gasteiger charge is -2.09. The number of carbonyl (C=O) groups excluding carboxylic acids is 2. The lowest BCUT2D eigenvalue weighted by Crippen LogP contribution is -2.41. The maximum absolute atomic E-state index is 10.2. The summed E-state index contributed by atoms with van der Waals surface area (Å²) in [4.78, 5) is 33.4. The van der Waals surface area contributed by atoms with Crippen molar-refractivity contribution in [1.29, 1.82) is 0 Å². The lowest BCUT2D eigenvalue weighted by atomic mass is 10.2. The Hall–Kier alpha value is -1.71. The molecule has 0 aromatic heterocycles. The zero-order valence-electron chi connectivity index (χ0n) is 9.20. The molecule has 0 bridgehead atoms. The van der Waals surface area contributed by atoms with Crippen molar-refractivity contribution < 1.29 is 34.5 Å². The van der Waals surface area contributed by atoms with E-state index in [1.807, 2.05) is 6.92 Å². The predicted octanol–water partition coefficient (Wildman–Crippen LogP) is -2.52. The molecule has 0 saturated heterocycles. The van der Waals surface area contributed by atoms with Gasteiger partial charge < -0.3 is 25.9 Å². The largest absolute Gasteiger partial charge is 0.479 e. The van der Waals surface area contributed by atoms with Crippen LogP contribution in [-0.4, -0.2) is 45.4 Å². The second-order valence-corrected chi connectivity index (χ2v) is 2.88. The molecule has 0 radical (unpaired) electrons. The number of nitrogens with two attached hydrogens (primary N) is 2. The second-order valence-electron chi connectivity index (χ2n) is 2.88. The monoisotopic (exact) mass is 252 g/mol. The van der Waals surface area contributed by atoms with Gasteiger partial charge in [-0.1, -0.05) is 6.92 Å². The fourth-order valence-electron chi connectivity index (χ4n) is 0.580. The van der Waals surface area contributed by atoms with Gasteiger partial charge in [0.1, 0.15) is 0 Å². The van der Waals surface area contributed by atoms with E-state index in [0.29, 0.717) is 6.42 Å². The summed E-state index contributed by atoms with van der Waals surface area (Å²) >= 11 is 0. The van der Waals surface area contributed by atoms with Gasteiger partial charge >= 0.3 is 11.9 Å². The fraction of sp³-hybridized carbons (Fsp3) is 0.625. The molecule has 9 nitrogen and oxygen atoms in total. The highest BCUT2D eigenvalue weighted by Gasteiger charge is 2.31. The number of amides is 1. The van der Waals surface area contributed by atoms with E-state index < -0.39 is 24.1 Å². The van der Waals surface area contributed by atoms with Gasteiger partial charge in [-0.2, -0.15) is 5.90 Å². The molecule has 0 aliphatic rings. The van der Waals surface area contributed by atoms with Gasteiger partial charge in [-0.15, -0.1) is 0 Å². The minimum atomic E-state index is -2.22. The molecule has 0 fully saturated rings. The van der Waals surface area contributed by atoms with Gasteiger partial charge in [-0.3, -0.25) is 4.79 Å². The van der Waals surface area contributed by atoms with Gasteiger partial charge in [0.05, 0.1) is 0 Å². The number of hydrogen-bond donors (Lipinski definition) is 5. The normalized spacial score (nSPS) is 12.7. The summed E-state index contributed by atoms with van der Waals surface area (Å²) in [5, 5.41) is 25.1. The van der Waals surface area contributed by atoms with E-state index >= 15 is 0 Å². The van der Waals surface area contributed by atoms with Crippen LogP contribution in [0.4, 0.5) is 0 Å². The molecule has 7 N–H and O–H groups in total. The smallest absolute Gasteiger partial charge is 0.356 e. The first kappa shape index (κ1) is 17.7. The Balaban J connectivity index is 0. The van der Waals surface area contributed by atoms with Crippen LogP contribution >= 0.6 is 0 Å². The Bertz CT molecular complexity index is 269. The van der Waals surface area contributed by atoms with Crippen LogP contribution in [0.25, 0.3) is 0 Å². The molecule has 0 aliphatic heterocycles. The molecular formula is C8H16N2O7. The van der Waals surface area contributed by atoms with Crippen LogP contribution in [0.1, 0.15) is 19.8 Å². The first-order chi connectivity index (χ1) is 7.77. The SMILES string of the molecule is CCCC(N)=O.NOC(=O)C(O)C(O)C(=O)O. The quantitative estimate of drug-likeness (QED) is 0.333. The molecule has 100 valence electrons. The third-order valence-corrected chi connectivity index (χ3v) is 1.41. The van der Waals surface area contributed by atoms with Crippen LogP contribution in [0, 0.1) is 0 Å². The van der Waals surface area contributed by atoms with Gasteiger partial charge in [-0.25, -0.2) is 9.59 Å². The molecular weight excluding hydrogens is 236 g/mol. The van der Waals surface area contributed by atoms with E-state index in [2.05, 4.69) is 10.7 Å². The Labute approximate surface area is 96.9 Å². The number of aliphatic carboxylic acids is 1. The van der Waals surface area contributed by atoms with Gasteiger partial charge in [0.15, 0.2) is 12.2 Å². The van der Waals surface area contributed by atoms with Gasteiger partial charge in [0.2, 0.25) is 5.91 Å². The predicted molar refractivity (Wildman–Crippen MR) is 54.0 cm³/mol. The summed E-state index contributed by atoms with van der Waals surface area (Å²) in [6.45, 7) is 1.92. The summed E-state index contributed by atoms with van der Waals surface area (Å²) in [7, 11) is 0. The molecule has 0 aromatic carbocycles. The molecule has 9 heteroatoms. The molecule has 17 heavy (non-hydrogen) atoms. The molecule has 0 spiro atoms. The molecule has 0 saturated carbocycles. The third kappa shape index (κ3) is 9.23. The van der Waals surface area contributed by atoms with Crippen LogP contribution in [0.5, 0.6) is 0 Å². The van der Waals surface area contributed by atoms with E-state index in [4.69, 9.17) is 21.1 Å². The van der Waals surface area contributed by atoms with Crippen molar-refractivity contribution in [3.63, 3.8) is 0 Å². The fourth-order valence-corrected chi connectivity index (χ4v) is 0.580. The van der Waals surface area contributed by atoms with E-state index in [9.17, 15) is 14.4 Å². The summed E-state index contributed by atoms with van der Waals surface area (Å²) in [5.41, 5.74) is 4.76. The Morgan fingerprint density at radius 3 is 1.88 bits per heavy atom. The first-order valence-corrected chi connectivity index (χ1v) is 4.55. The number of carboxylic acids is 1. The molecule has 0 aliphatic carbocycles. The summed E-state index contributed by atoms with van der Waals surface area (Å²) < 4.78 is 0. The lowest BCUT2D eigenvalue weighted by molar-refractivity contribution is -0.170. The van der Waals surface area contributed by atoms with E-state index in [1.54, 1.807) is 0 Å². The Morgan fingerprint density at radius 1 is 1.24 bits per heavy atom. The summed E-state index contributed by atoms with van der Waals surface area (Å²) in [5.74, 6) is 0.950. The van der Waals surface area contributed by atoms with Crippen molar-refractivity contribution in [2.45, 2.75) is 32.0 Å². The molecule has 0 rings (SSSR count). The highest BCUT2D eigenvalue weighted by Crippen LogP contribution is 1.94. The van der Waals surface area contributed by atoms with Crippen molar-refractivity contribution >= 4 is 17.8 Å². The van der Waals surface area contributed by atoms with Gasteiger partial charge in [0, 0.05) is 6.42 Å². The van der Waals surface area contributed by atoms with Crippen LogP contribution in [-0.2, 0) is 19.2 Å². The second kappa shape index (κ2) is 9.51. The van der Waals surface area contributed by atoms with Gasteiger partial charge in [0.25, 0.3) is 0 Å². The minimum absolute atomic E-state index is 0.211. The Morgan fingerprint density at radius 2 is 1.71 bits per heavy atom. The maximum Gasteiger partial charge on any atom is 0.356 e. The highest BCUT2D eigenvalue weighted by atomic mass is 16.7. The van der Waals surface area contributed by atoms with Crippen LogP contribution in [0.15, 0.2) is 0 Å². The third-order valence-electron chi connectivity index (χ3n) is 1.41. The highest BCUT2D eigenvalue weighted by molar-refractivity contribution is 5.83. The van der Waals surface area contributed by atoms with Crippen molar-refractivity contribution in [2.24, 2.45) is 11.6 Å². The number of carboxylic acid groups (broad SMARTS) is 1. The summed E-state index contributed by atoms with van der Waals surface area (Å²) in [6, 6.07) is 0. The number of carbonyl (C=O) groups is 3. The Kier molecular flexibility index (Phi) is 9.89. The minimum Gasteiger partial charge on any atom is -0.479 e. The van der Waals surface area contributed by atoms with Crippen molar-refractivity contribution in [2.75, 3.05) is 0 Å². The van der Waals surface area contributed by atoms with E-state index in [1.165, 1.54) is 0 Å². The number of aliphatic hydroxyl groups excluding tert-OH is 2. The van der Waals surface area contributed by atoms with Gasteiger partial charge in [-0.05, 0) is 6.42 Å². The number of primary amides is 1. The van der Waals surface area contributed by atoms with Crippen LogP contribution in [0.2, 0.25) is 0 Å². The topological polar surface area (TPSA) is 173 Å². The average Bonchev–Trinajstić information content (AvgIpc) is 2.26. The number of aliphatic hydroxyl groups is 2. The van der Waals surface area contributed by atoms with Crippen LogP contribution in [0.3, 0.4) is 0 Å². The molecule has 2 unspecified atom stereocenters. The van der Waals surface area contributed by atoms with Crippen LogP contribution < -0.4 is 11.6 Å². The van der Waals surface area contributed by atoms with E-state index in [-0.39, 0.29) is 5.91 Å². The maximum atomic E-state index is 10.2. The van der Waals surface area contributed by atoms with Crippen molar-refractivity contribution in [1.82, 2.24) is 0 Å². The molecule has 1 amide bonds. The standard InChI is InChI=1S/C4H7NO6.C4H9NO/c5-11-4(10)2(7)1(6)3(8)9;1-2-3-4(5)6/h1-2,6-7H,5H2,(H,8,9);2-3H2,1H3,(H2,5,6). The molecule has 0 aromatic rings. The molecule has 0 heterocycles. The van der Waals surface area contributed by atoms with Crippen molar-refractivity contribution in [3.8, 4) is 0 Å². The van der Waals surface area contributed by atoms with E-state index in [0.717, 1.165) is 6.42 Å². The first-order valence-electron chi connectivity index (χ1n) is 4.55. The zero-order chi connectivity index (χ0) is 14.0. The summed E-state index contributed by atoms with van der Waals surface area (Å²) in [6.07, 6.45) is -3.00.